The van der Waals surface area contributed by atoms with Crippen molar-refractivity contribution in [3.8, 4) is 5.75 Å². The molecular weight excluding hydrogens is 231 g/mol. The molecule has 1 unspecified atom stereocenters. The van der Waals surface area contributed by atoms with Crippen molar-refractivity contribution in [2.75, 3.05) is 0 Å². The van der Waals surface area contributed by atoms with Gasteiger partial charge in [-0.1, -0.05) is 13.3 Å². The van der Waals surface area contributed by atoms with E-state index in [2.05, 4.69) is 0 Å². The van der Waals surface area contributed by atoms with Gasteiger partial charge in [0.25, 0.3) is 0 Å². The molecule has 5 heteroatoms. The average Bonchev–Trinajstić information content (AvgIpc) is 2.21. The summed E-state index contributed by atoms with van der Waals surface area (Å²) < 4.78 is 40.8. The summed E-state index contributed by atoms with van der Waals surface area (Å²) in [5.74, 6) is -0.282. The summed E-state index contributed by atoms with van der Waals surface area (Å²) in [6.07, 6.45) is 1.32. The van der Waals surface area contributed by atoms with E-state index in [-0.39, 0.29) is 5.75 Å². The monoisotopic (exact) mass is 246 g/mol. The molecule has 1 aromatic rings. The fourth-order valence-corrected chi connectivity index (χ4v) is 2.33. The molecule has 0 radical (unpaired) electrons. The normalized spacial score (nSPS) is 13.4. The van der Waals surface area contributed by atoms with Crippen molar-refractivity contribution in [2.24, 2.45) is 0 Å². The molecule has 90 valence electrons. The fraction of sp³-hybridized carbons (Fsp3) is 0.455. The van der Waals surface area contributed by atoms with Crippen LogP contribution in [-0.4, -0.2) is 13.7 Å². The first kappa shape index (κ1) is 13.0. The Morgan fingerprint density at radius 1 is 1.31 bits per heavy atom. The lowest BCUT2D eigenvalue weighted by Gasteiger charge is -2.12. The molecule has 0 saturated heterocycles. The minimum Gasteiger partial charge on any atom is -0.382 e. The second kappa shape index (κ2) is 5.30. The van der Waals surface area contributed by atoms with Gasteiger partial charge < -0.3 is 4.18 Å². The summed E-state index contributed by atoms with van der Waals surface area (Å²) in [5.41, 5.74) is 0. The van der Waals surface area contributed by atoms with E-state index >= 15 is 0 Å². The molecule has 0 saturated carbocycles. The molecule has 0 bridgehead atoms. The smallest absolute Gasteiger partial charge is 0.311 e. The maximum Gasteiger partial charge on any atom is 0.311 e. The minimum absolute atomic E-state index is 0.143. The third-order valence-electron chi connectivity index (χ3n) is 2.21. The Balaban J connectivity index is 2.76. The maximum atomic E-state index is 12.6. The van der Waals surface area contributed by atoms with Gasteiger partial charge in [0.15, 0.2) is 0 Å². The van der Waals surface area contributed by atoms with E-state index < -0.39 is 21.2 Å². The number of benzene rings is 1. The van der Waals surface area contributed by atoms with Crippen LogP contribution in [0.15, 0.2) is 24.3 Å². The van der Waals surface area contributed by atoms with Crippen LogP contribution in [0.4, 0.5) is 4.39 Å². The fourth-order valence-electron chi connectivity index (χ4n) is 1.26. The summed E-state index contributed by atoms with van der Waals surface area (Å²) >= 11 is 0. The van der Waals surface area contributed by atoms with Gasteiger partial charge in [0, 0.05) is 0 Å². The van der Waals surface area contributed by atoms with Crippen LogP contribution < -0.4 is 4.18 Å². The van der Waals surface area contributed by atoms with E-state index in [1.807, 2.05) is 6.92 Å². The van der Waals surface area contributed by atoms with Crippen molar-refractivity contribution in [1.82, 2.24) is 0 Å². The van der Waals surface area contributed by atoms with Crippen LogP contribution in [0, 0.1) is 5.82 Å². The highest BCUT2D eigenvalue weighted by Crippen LogP contribution is 2.17. The van der Waals surface area contributed by atoms with Gasteiger partial charge in [-0.15, -0.1) is 0 Å². The van der Waals surface area contributed by atoms with Gasteiger partial charge in [-0.05, 0) is 37.6 Å². The van der Waals surface area contributed by atoms with Gasteiger partial charge >= 0.3 is 10.1 Å². The van der Waals surface area contributed by atoms with E-state index in [0.717, 1.165) is 18.6 Å². The van der Waals surface area contributed by atoms with Crippen LogP contribution in [0.25, 0.3) is 0 Å². The molecule has 1 rings (SSSR count). The van der Waals surface area contributed by atoms with E-state index in [0.29, 0.717) is 6.42 Å². The molecular formula is C11H15FO3S. The van der Waals surface area contributed by atoms with Gasteiger partial charge in [-0.2, -0.15) is 8.42 Å². The van der Waals surface area contributed by atoms with E-state index in [4.69, 9.17) is 4.18 Å². The molecule has 0 N–H and O–H groups in total. The first-order valence-corrected chi connectivity index (χ1v) is 6.61. The molecule has 3 nitrogen and oxygen atoms in total. The topological polar surface area (TPSA) is 43.4 Å². The molecule has 1 atom stereocenters. The highest BCUT2D eigenvalue weighted by Gasteiger charge is 2.21. The Bertz CT molecular complexity index is 425. The molecule has 0 heterocycles. The summed E-state index contributed by atoms with van der Waals surface area (Å²) in [7, 11) is -3.61. The van der Waals surface area contributed by atoms with Crippen LogP contribution >= 0.6 is 0 Å². The Kier molecular flexibility index (Phi) is 4.29. The van der Waals surface area contributed by atoms with E-state index in [1.54, 1.807) is 6.92 Å². The first-order chi connectivity index (χ1) is 7.45. The first-order valence-electron chi connectivity index (χ1n) is 5.14. The van der Waals surface area contributed by atoms with Crippen LogP contribution in [0.1, 0.15) is 26.7 Å². The standard InChI is InChI=1S/C11H15FO3S/c1-3-4-9(2)16(13,14)15-11-7-5-10(12)6-8-11/h5-9H,3-4H2,1-2H3. The quantitative estimate of drug-likeness (QED) is 0.750. The predicted octanol–water partition coefficient (Wildman–Crippen LogP) is 2.72. The Morgan fingerprint density at radius 2 is 1.88 bits per heavy atom. The van der Waals surface area contributed by atoms with Gasteiger partial charge in [-0.3, -0.25) is 0 Å². The zero-order chi connectivity index (χ0) is 12.2. The lowest BCUT2D eigenvalue weighted by molar-refractivity contribution is 0.468. The second-order valence-electron chi connectivity index (χ2n) is 3.63. The van der Waals surface area contributed by atoms with E-state index in [9.17, 15) is 12.8 Å². The largest absolute Gasteiger partial charge is 0.382 e. The third-order valence-corrected chi connectivity index (χ3v) is 3.86. The van der Waals surface area contributed by atoms with Gasteiger partial charge in [-0.25, -0.2) is 4.39 Å². The zero-order valence-electron chi connectivity index (χ0n) is 9.31. The zero-order valence-corrected chi connectivity index (χ0v) is 10.1. The van der Waals surface area contributed by atoms with Gasteiger partial charge in [0.1, 0.15) is 11.6 Å². The molecule has 0 aromatic heterocycles. The summed E-state index contributed by atoms with van der Waals surface area (Å²) in [6, 6.07) is 4.92. The molecule has 0 spiro atoms. The maximum absolute atomic E-state index is 12.6. The highest BCUT2D eigenvalue weighted by atomic mass is 32.2. The van der Waals surface area contributed by atoms with Crippen molar-refractivity contribution >= 4 is 10.1 Å². The summed E-state index contributed by atoms with van der Waals surface area (Å²) in [4.78, 5) is 0. The lowest BCUT2D eigenvalue weighted by Crippen LogP contribution is -2.22. The molecule has 0 amide bonds. The molecule has 0 fully saturated rings. The summed E-state index contributed by atoms with van der Waals surface area (Å²) in [5, 5.41) is -0.553. The number of rotatable bonds is 5. The van der Waals surface area contributed by atoms with Crippen molar-refractivity contribution in [1.29, 1.82) is 0 Å². The SMILES string of the molecule is CCCC(C)S(=O)(=O)Oc1ccc(F)cc1. The molecule has 0 aliphatic carbocycles. The molecule has 0 aliphatic heterocycles. The molecule has 0 aliphatic rings. The predicted molar refractivity (Wildman–Crippen MR) is 60.3 cm³/mol. The highest BCUT2D eigenvalue weighted by molar-refractivity contribution is 7.87. The average molecular weight is 246 g/mol. The Labute approximate surface area is 95.4 Å². The van der Waals surface area contributed by atoms with Crippen LogP contribution in [0.5, 0.6) is 5.75 Å². The Hall–Kier alpha value is -1.10. The lowest BCUT2D eigenvalue weighted by atomic mass is 10.3. The van der Waals surface area contributed by atoms with Crippen molar-refractivity contribution in [2.45, 2.75) is 31.9 Å². The van der Waals surface area contributed by atoms with Gasteiger partial charge in [0.2, 0.25) is 0 Å². The second-order valence-corrected chi connectivity index (χ2v) is 5.59. The van der Waals surface area contributed by atoms with Gasteiger partial charge in [0.05, 0.1) is 5.25 Å². The molecule has 1 aromatic carbocycles. The van der Waals surface area contributed by atoms with Crippen molar-refractivity contribution < 1.29 is 17.0 Å². The molecule has 16 heavy (non-hydrogen) atoms. The van der Waals surface area contributed by atoms with Crippen LogP contribution in [-0.2, 0) is 10.1 Å². The number of hydrogen-bond acceptors (Lipinski definition) is 3. The van der Waals surface area contributed by atoms with Crippen LogP contribution in [0.3, 0.4) is 0 Å². The summed E-state index contributed by atoms with van der Waals surface area (Å²) in [6.45, 7) is 3.51. The van der Waals surface area contributed by atoms with Crippen molar-refractivity contribution in [3.05, 3.63) is 30.1 Å². The Morgan fingerprint density at radius 3 is 2.38 bits per heavy atom. The van der Waals surface area contributed by atoms with Crippen molar-refractivity contribution in [3.63, 3.8) is 0 Å². The third kappa shape index (κ3) is 3.48. The van der Waals surface area contributed by atoms with E-state index in [1.165, 1.54) is 12.1 Å². The number of halogens is 1. The number of hydrogen-bond donors (Lipinski definition) is 0. The van der Waals surface area contributed by atoms with Crippen LogP contribution in [0.2, 0.25) is 0 Å². The minimum atomic E-state index is -3.61.